The molecule has 1 saturated heterocycles. The fraction of sp³-hybridized carbons (Fsp3) is 0.217. The van der Waals surface area contributed by atoms with Crippen LogP contribution in [0.15, 0.2) is 78.0 Å². The van der Waals surface area contributed by atoms with Crippen LogP contribution in [-0.4, -0.2) is 32.3 Å². The number of halogens is 1. The third-order valence-corrected chi connectivity index (χ3v) is 6.94. The first-order chi connectivity index (χ1) is 15.0. The summed E-state index contributed by atoms with van der Waals surface area (Å²) in [6.07, 6.45) is 4.93. The van der Waals surface area contributed by atoms with Crippen LogP contribution in [0.25, 0.3) is 0 Å². The third kappa shape index (κ3) is 4.94. The lowest BCUT2D eigenvalue weighted by Crippen LogP contribution is -2.42. The van der Waals surface area contributed by atoms with Crippen LogP contribution < -0.4 is 11.1 Å². The van der Waals surface area contributed by atoms with Crippen molar-refractivity contribution in [3.63, 3.8) is 0 Å². The monoisotopic (exact) mass is 438 g/mol. The predicted octanol–water partition coefficient (Wildman–Crippen LogP) is 3.66. The van der Waals surface area contributed by atoms with Crippen LogP contribution in [0.5, 0.6) is 0 Å². The van der Waals surface area contributed by atoms with Crippen LogP contribution in [0.4, 0.5) is 10.1 Å². The maximum absolute atomic E-state index is 13.2. The summed E-state index contributed by atoms with van der Waals surface area (Å²) in [5.74, 6) is -0.574. The number of hydrogen-bond acceptors (Lipinski definition) is 5. The summed E-state index contributed by atoms with van der Waals surface area (Å²) in [5.41, 5.74) is 8.60. The molecule has 8 heteroatoms. The average Bonchev–Trinajstić information content (AvgIpc) is 3.29. The van der Waals surface area contributed by atoms with E-state index in [2.05, 4.69) is 10.3 Å². The van der Waals surface area contributed by atoms with Gasteiger partial charge in [0.1, 0.15) is 5.82 Å². The molecule has 0 radical (unpaired) electrons. The van der Waals surface area contributed by atoms with Gasteiger partial charge in [-0.1, -0.05) is 12.1 Å². The molecule has 0 aliphatic carbocycles. The number of carbonyl (C=O) groups is 1. The molecule has 3 N–H and O–H groups in total. The van der Waals surface area contributed by atoms with Crippen LogP contribution in [0, 0.1) is 5.82 Å². The van der Waals surface area contributed by atoms with Crippen molar-refractivity contribution in [2.45, 2.75) is 29.8 Å². The van der Waals surface area contributed by atoms with Crippen molar-refractivity contribution < 1.29 is 13.7 Å². The summed E-state index contributed by atoms with van der Waals surface area (Å²) in [5, 5.41) is 2.82. The molecule has 1 aliphatic heterocycles. The third-order valence-electron chi connectivity index (χ3n) is 5.39. The fourth-order valence-corrected chi connectivity index (χ4v) is 5.15. The molecule has 3 aromatic rings. The number of nitrogens with zero attached hydrogens (tertiary/aromatic N) is 2. The van der Waals surface area contributed by atoms with Crippen molar-refractivity contribution in [3.05, 3.63) is 90.0 Å². The predicted molar refractivity (Wildman–Crippen MR) is 118 cm³/mol. The number of rotatable bonds is 6. The Morgan fingerprint density at radius 3 is 2.48 bits per heavy atom. The Kier molecular flexibility index (Phi) is 6.62. The van der Waals surface area contributed by atoms with Crippen molar-refractivity contribution in [2.24, 2.45) is 5.73 Å². The first kappa shape index (κ1) is 21.5. The molecule has 0 saturated carbocycles. The van der Waals surface area contributed by atoms with Crippen molar-refractivity contribution in [1.29, 1.82) is 0 Å². The minimum atomic E-state index is -1.41. The lowest BCUT2D eigenvalue weighted by molar-refractivity contribution is 0.102. The Hall–Kier alpha value is -2.78. The van der Waals surface area contributed by atoms with Gasteiger partial charge in [-0.3, -0.25) is 9.78 Å². The molecule has 4 rings (SSSR count). The highest BCUT2D eigenvalue weighted by Crippen LogP contribution is 2.32. The van der Waals surface area contributed by atoms with Gasteiger partial charge in [-0.15, -0.1) is 4.31 Å². The highest BCUT2D eigenvalue weighted by Gasteiger charge is 2.39. The molecule has 160 valence electrons. The second-order valence-electron chi connectivity index (χ2n) is 7.39. The van der Waals surface area contributed by atoms with E-state index in [0.29, 0.717) is 22.7 Å². The molecule has 0 bridgehead atoms. The van der Waals surface area contributed by atoms with E-state index in [1.165, 1.54) is 12.1 Å². The number of amides is 1. The summed E-state index contributed by atoms with van der Waals surface area (Å²) in [6, 6.07) is 15.8. The normalized spacial score (nSPS) is 18.5. The summed E-state index contributed by atoms with van der Waals surface area (Å²) < 4.78 is 28.1. The highest BCUT2D eigenvalue weighted by atomic mass is 32.2. The number of pyridine rings is 1. The number of hydrogen-bond donors (Lipinski definition) is 2. The van der Waals surface area contributed by atoms with Crippen LogP contribution in [-0.2, 0) is 11.4 Å². The zero-order chi connectivity index (χ0) is 21.8. The van der Waals surface area contributed by atoms with E-state index in [1.807, 2.05) is 16.4 Å². The summed E-state index contributed by atoms with van der Waals surface area (Å²) in [4.78, 5) is 16.9. The topological polar surface area (TPSA) is 94.3 Å². The summed E-state index contributed by atoms with van der Waals surface area (Å²) in [6.45, 7) is 0.661. The van der Waals surface area contributed by atoms with E-state index in [9.17, 15) is 13.7 Å². The molecule has 2 aromatic carbocycles. The molecule has 0 spiro atoms. The van der Waals surface area contributed by atoms with E-state index in [1.54, 1.807) is 48.8 Å². The molecule has 1 aromatic heterocycles. The Labute approximate surface area is 183 Å². The van der Waals surface area contributed by atoms with Crippen molar-refractivity contribution in [2.75, 3.05) is 11.9 Å². The molecule has 1 amide bonds. The molecular weight excluding hydrogens is 415 g/mol. The van der Waals surface area contributed by atoms with Gasteiger partial charge in [-0.05, 0) is 66.9 Å². The maximum atomic E-state index is 13.2. The number of carbonyl (C=O) groups excluding carboxylic acids is 1. The zero-order valence-corrected chi connectivity index (χ0v) is 17.6. The number of benzene rings is 2. The van der Waals surface area contributed by atoms with Crippen molar-refractivity contribution >= 4 is 23.0 Å². The lowest BCUT2D eigenvalue weighted by atomic mass is 9.98. The smallest absolute Gasteiger partial charge is 0.255 e. The summed E-state index contributed by atoms with van der Waals surface area (Å²) in [7, 11) is 0. The van der Waals surface area contributed by atoms with Gasteiger partial charge >= 0.3 is 0 Å². The van der Waals surface area contributed by atoms with Crippen LogP contribution in [0.2, 0.25) is 0 Å². The number of aromatic nitrogens is 1. The molecule has 1 aliphatic rings. The molecule has 3 unspecified atom stereocenters. The Bertz CT molecular complexity index is 1020. The van der Waals surface area contributed by atoms with Crippen molar-refractivity contribution in [1.82, 2.24) is 9.29 Å². The minimum absolute atomic E-state index is 0.109. The second-order valence-corrected chi connectivity index (χ2v) is 8.83. The Morgan fingerprint density at radius 2 is 1.81 bits per heavy atom. The lowest BCUT2D eigenvalue weighted by Gasteiger charge is -2.29. The van der Waals surface area contributed by atoms with Crippen LogP contribution in [0.1, 0.15) is 34.8 Å². The van der Waals surface area contributed by atoms with Gasteiger partial charge in [0.15, 0.2) is 4.90 Å². The van der Waals surface area contributed by atoms with Gasteiger partial charge in [-0.2, -0.15) is 0 Å². The highest BCUT2D eigenvalue weighted by molar-refractivity contribution is 7.89. The van der Waals surface area contributed by atoms with Gasteiger partial charge in [-0.25, -0.2) is 4.39 Å². The number of nitrogens with two attached hydrogens (primary N) is 1. The fourth-order valence-electron chi connectivity index (χ4n) is 3.73. The second kappa shape index (κ2) is 9.57. The van der Waals surface area contributed by atoms with Crippen molar-refractivity contribution in [3.8, 4) is 0 Å². The van der Waals surface area contributed by atoms with Gasteiger partial charge < -0.3 is 15.6 Å². The maximum Gasteiger partial charge on any atom is 0.255 e. The molecule has 6 nitrogen and oxygen atoms in total. The summed E-state index contributed by atoms with van der Waals surface area (Å²) >= 11 is -1.41. The molecule has 3 atom stereocenters. The van der Waals surface area contributed by atoms with Gasteiger partial charge in [0.25, 0.3) is 5.91 Å². The molecule has 1 fully saturated rings. The number of nitrogens with one attached hydrogen (secondary N) is 1. The SMILES string of the molecule is NC(c1ccc(C(=O)Nc2ccncc2)cc1)C1CCCN1[S+]([O-])c1ccc(F)cc1. The minimum Gasteiger partial charge on any atom is -0.593 e. The Morgan fingerprint density at radius 1 is 1.13 bits per heavy atom. The average molecular weight is 439 g/mol. The largest absolute Gasteiger partial charge is 0.593 e. The van der Waals surface area contributed by atoms with E-state index < -0.39 is 11.4 Å². The van der Waals surface area contributed by atoms with E-state index >= 15 is 0 Å². The Balaban J connectivity index is 1.45. The molecule has 31 heavy (non-hydrogen) atoms. The standard InChI is InChI=1S/C23H23FN4O2S/c24-18-7-9-20(10-8-18)31(30)28-15-1-2-21(28)22(25)16-3-5-17(6-4-16)23(29)27-19-11-13-26-14-12-19/h3-14,21-22H,1-2,15,25H2,(H,26,27,29). The van der Waals surface area contributed by atoms with E-state index in [0.717, 1.165) is 18.4 Å². The van der Waals surface area contributed by atoms with E-state index in [4.69, 9.17) is 5.73 Å². The van der Waals surface area contributed by atoms with Gasteiger partial charge in [0.2, 0.25) is 0 Å². The van der Waals surface area contributed by atoms with Crippen LogP contribution >= 0.6 is 0 Å². The quantitative estimate of drug-likeness (QED) is 0.573. The molecular formula is C23H23FN4O2S. The van der Waals surface area contributed by atoms with Crippen LogP contribution in [0.3, 0.4) is 0 Å². The van der Waals surface area contributed by atoms with Gasteiger partial charge in [0.05, 0.1) is 17.4 Å². The first-order valence-electron chi connectivity index (χ1n) is 10.0. The first-order valence-corrected chi connectivity index (χ1v) is 11.1. The van der Waals surface area contributed by atoms with E-state index in [-0.39, 0.29) is 23.8 Å². The molecule has 2 heterocycles. The zero-order valence-electron chi connectivity index (χ0n) is 16.8. The number of anilines is 1. The van der Waals surface area contributed by atoms with Gasteiger partial charge in [0, 0.05) is 36.2 Å².